The molecule has 0 aliphatic carbocycles. The van der Waals surface area contributed by atoms with Crippen LogP contribution in [0.4, 0.5) is 0 Å². The lowest BCUT2D eigenvalue weighted by atomic mass is 10.2. The molecule has 0 saturated carbocycles. The molecule has 3 N–H and O–H groups in total. The highest BCUT2D eigenvalue weighted by Crippen LogP contribution is 2.37. The largest absolute Gasteiger partial charge is 0.502 e. The molecule has 1 rings (SSSR count). The van der Waals surface area contributed by atoms with E-state index in [1.807, 2.05) is 0 Å². The molecule has 0 spiro atoms. The highest BCUT2D eigenvalue weighted by Gasteiger charge is 2.14. The zero-order valence-electron chi connectivity index (χ0n) is 8.93. The molecule has 16 heavy (non-hydrogen) atoms. The maximum Gasteiger partial charge on any atom is 0.213 e. The molecule has 1 aromatic rings. The summed E-state index contributed by atoms with van der Waals surface area (Å²) in [6, 6.07) is 2.78. The molecule has 1 aromatic carbocycles. The average molecular weight is 247 g/mol. The molecule has 6 nitrogen and oxygen atoms in total. The van der Waals surface area contributed by atoms with Gasteiger partial charge < -0.3 is 14.6 Å². The molecule has 7 heteroatoms. The number of phenolic OH excluding ortho intramolecular Hbond substituents is 1. The average Bonchev–Trinajstić information content (AvgIpc) is 2.18. The van der Waals surface area contributed by atoms with Gasteiger partial charge in [0.15, 0.2) is 11.5 Å². The van der Waals surface area contributed by atoms with Gasteiger partial charge >= 0.3 is 0 Å². The number of primary sulfonamides is 1. The van der Waals surface area contributed by atoms with Crippen LogP contribution in [-0.4, -0.2) is 27.7 Å². The van der Waals surface area contributed by atoms with Crippen LogP contribution >= 0.6 is 0 Å². The third kappa shape index (κ3) is 3.01. The molecule has 0 heterocycles. The Morgan fingerprint density at radius 3 is 2.00 bits per heavy atom. The minimum Gasteiger partial charge on any atom is -0.502 e. The molecule has 0 atom stereocenters. The molecular weight excluding hydrogens is 234 g/mol. The molecule has 0 bridgehead atoms. The Labute approximate surface area is 93.6 Å². The van der Waals surface area contributed by atoms with Crippen LogP contribution in [0.2, 0.25) is 0 Å². The summed E-state index contributed by atoms with van der Waals surface area (Å²) >= 11 is 0. The number of nitrogens with two attached hydrogens (primary N) is 1. The number of methoxy groups -OCH3 is 2. The van der Waals surface area contributed by atoms with Gasteiger partial charge in [-0.05, 0) is 17.7 Å². The molecular formula is C9H13NO5S. The SMILES string of the molecule is COc1cc(CS(N)(=O)=O)cc(OC)c1O. The molecule has 0 aromatic heterocycles. The van der Waals surface area contributed by atoms with E-state index in [-0.39, 0.29) is 23.0 Å². The number of benzene rings is 1. The fourth-order valence-electron chi connectivity index (χ4n) is 1.26. The third-order valence-electron chi connectivity index (χ3n) is 1.91. The normalized spacial score (nSPS) is 11.2. The molecule has 0 radical (unpaired) electrons. The highest BCUT2D eigenvalue weighted by atomic mass is 32.2. The minimum absolute atomic E-state index is 0.137. The zero-order chi connectivity index (χ0) is 12.3. The Hall–Kier alpha value is -1.47. The van der Waals surface area contributed by atoms with E-state index in [0.717, 1.165) is 0 Å². The Balaban J connectivity index is 3.22. The number of hydrogen-bond donors (Lipinski definition) is 2. The maximum atomic E-state index is 10.9. The standard InChI is InChI=1S/C9H13NO5S/c1-14-7-3-6(5-16(10,12)13)4-8(15-2)9(7)11/h3-4,11H,5H2,1-2H3,(H2,10,12,13). The van der Waals surface area contributed by atoms with Gasteiger partial charge in [-0.15, -0.1) is 0 Å². The van der Waals surface area contributed by atoms with Crippen LogP contribution in [-0.2, 0) is 15.8 Å². The number of aromatic hydroxyl groups is 1. The van der Waals surface area contributed by atoms with Gasteiger partial charge in [0.2, 0.25) is 15.8 Å². The van der Waals surface area contributed by atoms with Gasteiger partial charge in [0, 0.05) is 0 Å². The summed E-state index contributed by atoms with van der Waals surface area (Å²) in [4.78, 5) is 0. The number of hydrogen-bond acceptors (Lipinski definition) is 5. The van der Waals surface area contributed by atoms with Crippen LogP contribution in [0.1, 0.15) is 5.56 Å². The number of sulfonamides is 1. The fourth-order valence-corrected chi connectivity index (χ4v) is 1.89. The summed E-state index contributed by atoms with van der Waals surface area (Å²) in [7, 11) is -0.920. The van der Waals surface area contributed by atoms with Crippen molar-refractivity contribution < 1.29 is 23.0 Å². The number of phenols is 1. The predicted molar refractivity (Wildman–Crippen MR) is 58.0 cm³/mol. The fraction of sp³-hybridized carbons (Fsp3) is 0.333. The van der Waals surface area contributed by atoms with Crippen molar-refractivity contribution in [3.05, 3.63) is 17.7 Å². The molecule has 0 amide bonds. The molecule has 0 aliphatic heterocycles. The van der Waals surface area contributed by atoms with Crippen molar-refractivity contribution in [1.29, 1.82) is 0 Å². The first-order valence-corrected chi connectivity index (χ1v) is 6.03. The topological polar surface area (TPSA) is 98.9 Å². The summed E-state index contributed by atoms with van der Waals surface area (Å²) in [6.07, 6.45) is 0. The van der Waals surface area contributed by atoms with E-state index < -0.39 is 10.0 Å². The Morgan fingerprint density at radius 1 is 1.25 bits per heavy atom. The van der Waals surface area contributed by atoms with E-state index in [1.165, 1.54) is 26.4 Å². The first-order valence-electron chi connectivity index (χ1n) is 4.31. The van der Waals surface area contributed by atoms with Crippen molar-refractivity contribution in [2.75, 3.05) is 14.2 Å². The van der Waals surface area contributed by atoms with Gasteiger partial charge in [-0.1, -0.05) is 0 Å². The Morgan fingerprint density at radius 2 is 1.69 bits per heavy atom. The van der Waals surface area contributed by atoms with Crippen molar-refractivity contribution in [2.45, 2.75) is 5.75 Å². The first-order chi connectivity index (χ1) is 7.37. The molecule has 0 saturated heterocycles. The van der Waals surface area contributed by atoms with Gasteiger partial charge in [0.05, 0.1) is 20.0 Å². The van der Waals surface area contributed by atoms with E-state index in [0.29, 0.717) is 5.56 Å². The molecule has 90 valence electrons. The monoisotopic (exact) mass is 247 g/mol. The summed E-state index contributed by atoms with van der Waals surface area (Å²) in [5.74, 6) is -0.251. The maximum absolute atomic E-state index is 10.9. The smallest absolute Gasteiger partial charge is 0.213 e. The van der Waals surface area contributed by atoms with E-state index in [1.54, 1.807) is 0 Å². The minimum atomic E-state index is -3.63. The van der Waals surface area contributed by atoms with Crippen LogP contribution < -0.4 is 14.6 Å². The summed E-state index contributed by atoms with van der Waals surface area (Å²) < 4.78 is 31.6. The first kappa shape index (κ1) is 12.6. The van der Waals surface area contributed by atoms with Gasteiger partial charge in [-0.2, -0.15) is 0 Å². The second-order valence-corrected chi connectivity index (χ2v) is 4.77. The van der Waals surface area contributed by atoms with Crippen molar-refractivity contribution in [2.24, 2.45) is 5.14 Å². The van der Waals surface area contributed by atoms with Crippen LogP contribution in [0.5, 0.6) is 17.2 Å². The zero-order valence-corrected chi connectivity index (χ0v) is 9.74. The second kappa shape index (κ2) is 4.58. The molecule has 0 fully saturated rings. The highest BCUT2D eigenvalue weighted by molar-refractivity contribution is 7.88. The molecule has 0 aliphatic rings. The van der Waals surface area contributed by atoms with Gasteiger partial charge in [0.1, 0.15) is 0 Å². The van der Waals surface area contributed by atoms with Crippen LogP contribution in [0, 0.1) is 0 Å². The number of ether oxygens (including phenoxy) is 2. The van der Waals surface area contributed by atoms with Gasteiger partial charge in [-0.25, -0.2) is 13.6 Å². The van der Waals surface area contributed by atoms with E-state index in [9.17, 15) is 13.5 Å². The second-order valence-electron chi connectivity index (χ2n) is 3.16. The van der Waals surface area contributed by atoms with Crippen LogP contribution in [0.3, 0.4) is 0 Å². The van der Waals surface area contributed by atoms with Crippen molar-refractivity contribution in [3.63, 3.8) is 0 Å². The summed E-state index contributed by atoms with van der Waals surface area (Å²) in [5.41, 5.74) is 0.383. The lowest BCUT2D eigenvalue weighted by Gasteiger charge is -2.10. The van der Waals surface area contributed by atoms with Gasteiger partial charge in [0.25, 0.3) is 0 Å². The Kier molecular flexibility index (Phi) is 3.61. The van der Waals surface area contributed by atoms with Crippen LogP contribution in [0.15, 0.2) is 12.1 Å². The lowest BCUT2D eigenvalue weighted by molar-refractivity contribution is 0.339. The quantitative estimate of drug-likeness (QED) is 0.791. The molecule has 0 unspecified atom stereocenters. The van der Waals surface area contributed by atoms with Crippen molar-refractivity contribution in [1.82, 2.24) is 0 Å². The van der Waals surface area contributed by atoms with Crippen LogP contribution in [0.25, 0.3) is 0 Å². The third-order valence-corrected chi connectivity index (χ3v) is 2.64. The van der Waals surface area contributed by atoms with Crippen molar-refractivity contribution >= 4 is 10.0 Å². The van der Waals surface area contributed by atoms with Crippen molar-refractivity contribution in [3.8, 4) is 17.2 Å². The lowest BCUT2D eigenvalue weighted by Crippen LogP contribution is -2.14. The predicted octanol–water partition coefficient (Wildman–Crippen LogP) is 0.198. The Bertz CT molecular complexity index is 458. The summed E-state index contributed by atoms with van der Waals surface area (Å²) in [5, 5.41) is 14.5. The van der Waals surface area contributed by atoms with E-state index in [2.05, 4.69) is 0 Å². The van der Waals surface area contributed by atoms with E-state index in [4.69, 9.17) is 14.6 Å². The van der Waals surface area contributed by atoms with E-state index >= 15 is 0 Å². The van der Waals surface area contributed by atoms with Gasteiger partial charge in [-0.3, -0.25) is 0 Å². The summed E-state index contributed by atoms with van der Waals surface area (Å²) in [6.45, 7) is 0. The number of rotatable bonds is 4.